The van der Waals surface area contributed by atoms with E-state index in [1.165, 1.54) is 0 Å². The number of hydrogen-bond acceptors (Lipinski definition) is 7. The molecule has 1 rings (SSSR count). The Balaban J connectivity index is 3.08. The van der Waals surface area contributed by atoms with E-state index < -0.39 is 60.2 Å². The summed E-state index contributed by atoms with van der Waals surface area (Å²) < 4.78 is 0. The van der Waals surface area contributed by atoms with Crippen molar-refractivity contribution in [2.45, 2.75) is 76.5 Å². The molecule has 0 fully saturated rings. The number of nitrogens with two attached hydrogens (primary N) is 3. The molecule has 1 aromatic carbocycles. The Morgan fingerprint density at radius 2 is 1.43 bits per heavy atom. The van der Waals surface area contributed by atoms with Crippen molar-refractivity contribution in [3.63, 3.8) is 0 Å². The molecule has 3 amide bonds. The second-order valence-electron chi connectivity index (χ2n) is 9.83. The number of amides is 3. The van der Waals surface area contributed by atoms with Gasteiger partial charge in [0.2, 0.25) is 17.7 Å². The van der Waals surface area contributed by atoms with E-state index in [1.807, 2.05) is 0 Å². The van der Waals surface area contributed by atoms with Gasteiger partial charge in [-0.05, 0) is 37.2 Å². The van der Waals surface area contributed by atoms with Crippen molar-refractivity contribution < 1.29 is 34.2 Å². The minimum absolute atomic E-state index is 0.0531. The van der Waals surface area contributed by atoms with Crippen molar-refractivity contribution in [2.75, 3.05) is 6.54 Å². The molecule has 0 heterocycles. The average molecular weight is 564 g/mol. The lowest BCUT2D eigenvalue weighted by Gasteiger charge is -2.25. The first-order valence-electron chi connectivity index (χ1n) is 13.0. The van der Waals surface area contributed by atoms with Crippen LogP contribution in [0.1, 0.15) is 51.5 Å². The Hall–Kier alpha value is -4.20. The quantitative estimate of drug-likeness (QED) is 0.0618. The van der Waals surface area contributed by atoms with E-state index in [1.54, 1.807) is 44.2 Å². The highest BCUT2D eigenvalue weighted by Gasteiger charge is 2.31. The molecule has 0 spiro atoms. The van der Waals surface area contributed by atoms with Gasteiger partial charge in [0, 0.05) is 19.4 Å². The van der Waals surface area contributed by atoms with Crippen molar-refractivity contribution in [3.05, 3.63) is 35.9 Å². The highest BCUT2D eigenvalue weighted by molar-refractivity contribution is 5.94. The predicted octanol–water partition coefficient (Wildman–Crippen LogP) is -0.940. The lowest BCUT2D eigenvalue weighted by atomic mass is 10.0. The molecule has 0 saturated carbocycles. The zero-order valence-corrected chi connectivity index (χ0v) is 22.8. The number of aliphatic imine (C=N–C) groups is 1. The second-order valence-corrected chi connectivity index (χ2v) is 9.83. The van der Waals surface area contributed by atoms with Crippen LogP contribution in [0.25, 0.3) is 0 Å². The van der Waals surface area contributed by atoms with Crippen LogP contribution < -0.4 is 33.2 Å². The van der Waals surface area contributed by atoms with Crippen LogP contribution in [0.4, 0.5) is 0 Å². The van der Waals surface area contributed by atoms with Crippen molar-refractivity contribution in [2.24, 2.45) is 28.1 Å². The normalized spacial score (nSPS) is 13.8. The molecule has 0 bridgehead atoms. The van der Waals surface area contributed by atoms with E-state index in [0.29, 0.717) is 12.0 Å². The van der Waals surface area contributed by atoms with E-state index in [2.05, 4.69) is 20.9 Å². The molecule has 0 aliphatic heterocycles. The number of nitrogens with one attached hydrogen (secondary N) is 3. The van der Waals surface area contributed by atoms with Crippen molar-refractivity contribution in [1.82, 2.24) is 16.0 Å². The van der Waals surface area contributed by atoms with Crippen LogP contribution in [0.3, 0.4) is 0 Å². The molecule has 4 unspecified atom stereocenters. The molecule has 11 N–H and O–H groups in total. The standard InChI is InChI=1S/C26H41N7O7/c1-15(2)13-20(25(39)40)33-23(37)18(10-11-21(34)35)31-24(38)19(14-16-7-4-3-5-8-16)32-22(36)17(27)9-6-12-30-26(28)29/h3-5,7-8,15,17-20H,6,9-14,27H2,1-2H3,(H,31,38)(H,32,36)(H,33,37)(H,34,35)(H,39,40)(H4,28,29,30). The largest absolute Gasteiger partial charge is 0.481 e. The Bertz CT molecular complexity index is 1030. The third-order valence-electron chi connectivity index (χ3n) is 5.82. The van der Waals surface area contributed by atoms with Gasteiger partial charge in [0.1, 0.15) is 18.1 Å². The summed E-state index contributed by atoms with van der Waals surface area (Å²) in [6, 6.07) is 4.07. The monoisotopic (exact) mass is 563 g/mol. The number of carbonyl (C=O) groups excluding carboxylic acids is 3. The van der Waals surface area contributed by atoms with Crippen LogP contribution in [-0.2, 0) is 30.4 Å². The minimum atomic E-state index is -1.36. The van der Waals surface area contributed by atoms with E-state index in [9.17, 15) is 29.1 Å². The number of carbonyl (C=O) groups is 5. The van der Waals surface area contributed by atoms with Gasteiger partial charge in [-0.2, -0.15) is 0 Å². The molecule has 4 atom stereocenters. The summed E-state index contributed by atoms with van der Waals surface area (Å²) in [6.45, 7) is 3.84. The molecule has 14 nitrogen and oxygen atoms in total. The van der Waals surface area contributed by atoms with Crippen LogP contribution in [0.2, 0.25) is 0 Å². The van der Waals surface area contributed by atoms with Gasteiger partial charge in [-0.25, -0.2) is 4.79 Å². The fourth-order valence-corrected chi connectivity index (χ4v) is 3.76. The zero-order valence-electron chi connectivity index (χ0n) is 22.8. The minimum Gasteiger partial charge on any atom is -0.481 e. The van der Waals surface area contributed by atoms with Gasteiger partial charge in [-0.3, -0.25) is 24.2 Å². The Labute approximate surface area is 233 Å². The number of aliphatic carboxylic acids is 2. The molecule has 1 aromatic rings. The molecule has 222 valence electrons. The van der Waals surface area contributed by atoms with Crippen LogP contribution >= 0.6 is 0 Å². The van der Waals surface area contributed by atoms with Crippen molar-refractivity contribution >= 4 is 35.6 Å². The van der Waals surface area contributed by atoms with Crippen molar-refractivity contribution in [1.29, 1.82) is 0 Å². The zero-order chi connectivity index (χ0) is 30.2. The van der Waals surface area contributed by atoms with Gasteiger partial charge in [-0.1, -0.05) is 44.2 Å². The molecule has 40 heavy (non-hydrogen) atoms. The van der Waals surface area contributed by atoms with E-state index in [4.69, 9.17) is 22.3 Å². The van der Waals surface area contributed by atoms with E-state index >= 15 is 0 Å². The van der Waals surface area contributed by atoms with E-state index in [0.717, 1.165) is 0 Å². The maximum atomic E-state index is 13.3. The first-order chi connectivity index (χ1) is 18.8. The summed E-state index contributed by atoms with van der Waals surface area (Å²) in [7, 11) is 0. The molecule has 0 aliphatic rings. The SMILES string of the molecule is CC(C)CC(NC(=O)C(CCC(=O)O)NC(=O)C(Cc1ccccc1)NC(=O)C(N)CCCN=C(N)N)C(=O)O. The molecule has 0 saturated heterocycles. The summed E-state index contributed by atoms with van der Waals surface area (Å²) >= 11 is 0. The summed E-state index contributed by atoms with van der Waals surface area (Å²) in [6.07, 6.45) is 0.0821. The summed E-state index contributed by atoms with van der Waals surface area (Å²) in [4.78, 5) is 65.8. The summed E-state index contributed by atoms with van der Waals surface area (Å²) in [5.41, 5.74) is 17.3. The fraction of sp³-hybridized carbons (Fsp3) is 0.538. The van der Waals surface area contributed by atoms with Gasteiger partial charge < -0.3 is 43.4 Å². The summed E-state index contributed by atoms with van der Waals surface area (Å²) in [5.74, 6) is -4.82. The lowest BCUT2D eigenvalue weighted by Crippen LogP contribution is -2.57. The Kier molecular flexibility index (Phi) is 14.7. The molecular formula is C26H41N7O7. The predicted molar refractivity (Wildman–Crippen MR) is 148 cm³/mol. The van der Waals surface area contributed by atoms with Gasteiger partial charge in [-0.15, -0.1) is 0 Å². The Morgan fingerprint density at radius 3 is 1.98 bits per heavy atom. The van der Waals surface area contributed by atoms with Crippen LogP contribution in [-0.4, -0.2) is 76.5 Å². The highest BCUT2D eigenvalue weighted by atomic mass is 16.4. The summed E-state index contributed by atoms with van der Waals surface area (Å²) in [5, 5.41) is 26.1. The van der Waals surface area contributed by atoms with Gasteiger partial charge in [0.25, 0.3) is 0 Å². The molecule has 0 aromatic heterocycles. The first kappa shape index (κ1) is 33.8. The number of carboxylic acids is 2. The smallest absolute Gasteiger partial charge is 0.326 e. The molecule has 14 heteroatoms. The van der Waals surface area contributed by atoms with Gasteiger partial charge >= 0.3 is 11.9 Å². The molecular weight excluding hydrogens is 522 g/mol. The lowest BCUT2D eigenvalue weighted by molar-refractivity contribution is -0.143. The topological polar surface area (TPSA) is 252 Å². The van der Waals surface area contributed by atoms with E-state index in [-0.39, 0.29) is 44.1 Å². The van der Waals surface area contributed by atoms with Gasteiger partial charge in [0.15, 0.2) is 5.96 Å². The number of hydrogen-bond donors (Lipinski definition) is 8. The average Bonchev–Trinajstić information content (AvgIpc) is 2.87. The third kappa shape index (κ3) is 13.6. The van der Waals surface area contributed by atoms with Crippen LogP contribution in [0.15, 0.2) is 35.3 Å². The highest BCUT2D eigenvalue weighted by Crippen LogP contribution is 2.09. The number of nitrogens with zero attached hydrogens (tertiary/aromatic N) is 1. The maximum absolute atomic E-state index is 13.3. The van der Waals surface area contributed by atoms with Crippen LogP contribution in [0.5, 0.6) is 0 Å². The number of rotatable bonds is 18. The third-order valence-corrected chi connectivity index (χ3v) is 5.82. The first-order valence-corrected chi connectivity index (χ1v) is 13.0. The van der Waals surface area contributed by atoms with Gasteiger partial charge in [0.05, 0.1) is 6.04 Å². The second kappa shape index (κ2) is 17.4. The number of benzene rings is 1. The number of guanidine groups is 1. The Morgan fingerprint density at radius 1 is 0.850 bits per heavy atom. The molecule has 0 radical (unpaired) electrons. The van der Waals surface area contributed by atoms with Crippen LogP contribution in [0, 0.1) is 5.92 Å². The van der Waals surface area contributed by atoms with Crippen molar-refractivity contribution in [3.8, 4) is 0 Å². The fourth-order valence-electron chi connectivity index (χ4n) is 3.76. The number of carboxylic acid groups (broad SMARTS) is 2. The maximum Gasteiger partial charge on any atom is 0.326 e. The molecule has 0 aliphatic carbocycles.